The summed E-state index contributed by atoms with van der Waals surface area (Å²) in [4.78, 5) is 107. The Morgan fingerprint density at radius 2 is 1.41 bits per heavy atom. The largest absolute Gasteiger partial charge is 0.379 e. The number of anilines is 1. The SMILES string of the molecule is CNC(=O)CC1NC(=O)c2csc(n2)-c2ccc(-c3nc(N(C)C)cs3)nc2-c2csc(n2)-c2csc(n2)C(C(OC)c2ccccc2)NC(=O)CNC(=O)c2nc(sc2COC)C(C(C)C)NC(=O)c2nc1sc2C. The summed E-state index contributed by atoms with van der Waals surface area (Å²) in [6.07, 6.45) is -0.862. The first-order chi connectivity index (χ1) is 36.6. The second kappa shape index (κ2) is 23.6. The molecule has 76 heavy (non-hydrogen) atoms. The standard InChI is InChI=1S/C50H51N13O7S6/c1-23(2)36-50-62-39(32(76-50)18-69-7)43(67)52-17-35(65)59-40(41(70-8)25-12-10-9-11-13-25)49-57-31(21-73-49)47-55-29(19-72-47)38-26(14-15-27(53-38)46-58-33(22-74-46)63(5)6)45-56-30(20-71-45)42(66)54-28(16-34(64)51-4)48-61-37(24(3)75-48)44(68)60-36/h9-15,19-23,28,36,40-41H,16-18H2,1-8H3,(H,51,64)(H,52,67)(H,54,66)(H,59,65)(H,60,68). The topological polar surface area (TPSA) is 257 Å². The van der Waals surface area contributed by atoms with Crippen LogP contribution in [-0.4, -0.2) is 106 Å². The molecule has 4 atom stereocenters. The van der Waals surface area contributed by atoms with E-state index in [-0.39, 0.29) is 41.9 Å². The summed E-state index contributed by atoms with van der Waals surface area (Å²) < 4.78 is 11.5. The summed E-state index contributed by atoms with van der Waals surface area (Å²) in [6, 6.07) is 10.8. The Morgan fingerprint density at radius 1 is 0.697 bits per heavy atom. The molecule has 8 aromatic rings. The highest BCUT2D eigenvalue weighted by molar-refractivity contribution is 7.15. The van der Waals surface area contributed by atoms with E-state index in [2.05, 4.69) is 26.6 Å². The van der Waals surface area contributed by atoms with E-state index in [1.807, 2.05) is 91.4 Å². The molecule has 5 N–H and O–H groups in total. The maximum Gasteiger partial charge on any atom is 0.271 e. The van der Waals surface area contributed by atoms with Gasteiger partial charge in [-0.1, -0.05) is 44.2 Å². The average molecular weight is 1140 g/mol. The molecule has 9 rings (SSSR count). The number of fused-ring (bicyclic) bond motifs is 14. The lowest BCUT2D eigenvalue weighted by molar-refractivity contribution is -0.122. The second-order valence-corrected chi connectivity index (χ2v) is 23.6. The first-order valence-corrected chi connectivity index (χ1v) is 28.7. The van der Waals surface area contributed by atoms with E-state index < -0.39 is 54.4 Å². The van der Waals surface area contributed by atoms with Crippen molar-refractivity contribution < 1.29 is 33.4 Å². The fourth-order valence-electron chi connectivity index (χ4n) is 8.04. The lowest BCUT2D eigenvalue weighted by Crippen LogP contribution is -2.41. The van der Waals surface area contributed by atoms with E-state index >= 15 is 0 Å². The van der Waals surface area contributed by atoms with E-state index in [0.29, 0.717) is 68.1 Å². The van der Waals surface area contributed by atoms with Crippen LogP contribution < -0.4 is 31.5 Å². The fourth-order valence-corrected chi connectivity index (χ4v) is 13.7. The highest BCUT2D eigenvalue weighted by Crippen LogP contribution is 2.40. The zero-order chi connectivity index (χ0) is 53.8. The van der Waals surface area contributed by atoms with Gasteiger partial charge in [-0.25, -0.2) is 34.9 Å². The lowest BCUT2D eigenvalue weighted by Gasteiger charge is -2.26. The maximum atomic E-state index is 14.2. The van der Waals surface area contributed by atoms with Crippen molar-refractivity contribution in [3.05, 3.63) is 111 Å². The first kappa shape index (κ1) is 54.0. The van der Waals surface area contributed by atoms with Crippen LogP contribution >= 0.6 is 68.0 Å². The summed E-state index contributed by atoms with van der Waals surface area (Å²) >= 11 is 7.76. The number of amides is 5. The molecular formula is C50H51N13O7S6. The predicted octanol–water partition coefficient (Wildman–Crippen LogP) is 8.03. The number of carbonyl (C=O) groups excluding carboxylic acids is 5. The van der Waals surface area contributed by atoms with Crippen molar-refractivity contribution in [2.45, 2.75) is 58.0 Å². The molecule has 10 bridgehead atoms. The molecule has 0 aliphatic carbocycles. The third-order valence-electron chi connectivity index (χ3n) is 11.9. The number of pyridine rings is 1. The van der Waals surface area contributed by atoms with Crippen LogP contribution in [0.15, 0.2) is 64.0 Å². The van der Waals surface area contributed by atoms with Gasteiger partial charge in [0.15, 0.2) is 0 Å². The number of benzene rings is 1. The first-order valence-electron chi connectivity index (χ1n) is 23.6. The van der Waals surface area contributed by atoms with Crippen LogP contribution in [0.4, 0.5) is 5.82 Å². The Hall–Kier alpha value is -6.78. The quantitative estimate of drug-likeness (QED) is 0.0868. The van der Waals surface area contributed by atoms with Gasteiger partial charge in [0.1, 0.15) is 82.2 Å². The Labute approximate surface area is 460 Å². The molecule has 394 valence electrons. The van der Waals surface area contributed by atoms with E-state index in [0.717, 1.165) is 11.4 Å². The zero-order valence-corrected chi connectivity index (χ0v) is 47.1. The normalized spacial score (nSPS) is 16.8. The van der Waals surface area contributed by atoms with Crippen LogP contribution in [0.2, 0.25) is 0 Å². The van der Waals surface area contributed by atoms with Crippen molar-refractivity contribution >= 4 is 103 Å². The van der Waals surface area contributed by atoms with Crippen LogP contribution in [0.1, 0.15) is 106 Å². The molecule has 20 nitrogen and oxygen atoms in total. The van der Waals surface area contributed by atoms with E-state index in [1.165, 1.54) is 82.2 Å². The molecule has 1 aliphatic heterocycles. The lowest BCUT2D eigenvalue weighted by atomic mass is 10.0. The molecule has 0 fully saturated rings. The number of nitrogens with one attached hydrogen (secondary N) is 5. The van der Waals surface area contributed by atoms with Crippen LogP contribution in [-0.2, 0) is 25.7 Å². The number of aryl methyl sites for hydroxylation is 1. The molecule has 26 heteroatoms. The van der Waals surface area contributed by atoms with Crippen molar-refractivity contribution in [1.29, 1.82) is 0 Å². The number of ether oxygens (including phenoxy) is 2. The monoisotopic (exact) mass is 1140 g/mol. The summed E-state index contributed by atoms with van der Waals surface area (Å²) in [5.74, 6) is -2.01. The molecule has 0 saturated heterocycles. The minimum atomic E-state index is -0.936. The Kier molecular flexibility index (Phi) is 16.8. The summed E-state index contributed by atoms with van der Waals surface area (Å²) in [5, 5.41) is 24.8. The highest BCUT2D eigenvalue weighted by Gasteiger charge is 2.33. The van der Waals surface area contributed by atoms with Crippen molar-refractivity contribution in [2.24, 2.45) is 5.92 Å². The molecule has 0 radical (unpaired) electrons. The van der Waals surface area contributed by atoms with Gasteiger partial charge in [-0.3, -0.25) is 24.0 Å². The zero-order valence-electron chi connectivity index (χ0n) is 42.2. The second-order valence-electron chi connectivity index (χ2n) is 17.8. The Balaban J connectivity index is 1.14. The van der Waals surface area contributed by atoms with Gasteiger partial charge >= 0.3 is 0 Å². The average Bonchev–Trinajstić information content (AvgIpc) is 4.30. The number of carbonyl (C=O) groups is 5. The fraction of sp³-hybridized carbons (Fsp3) is 0.320. The number of aromatic nitrogens is 7. The van der Waals surface area contributed by atoms with Crippen molar-refractivity contribution in [3.63, 3.8) is 0 Å². The summed E-state index contributed by atoms with van der Waals surface area (Å²) in [6.45, 7) is 5.17. The van der Waals surface area contributed by atoms with Crippen molar-refractivity contribution in [2.75, 3.05) is 46.8 Å². The third kappa shape index (κ3) is 11.8. The molecular weight excluding hydrogens is 1090 g/mol. The smallest absolute Gasteiger partial charge is 0.271 e. The van der Waals surface area contributed by atoms with Crippen molar-refractivity contribution in [3.8, 4) is 43.4 Å². The third-order valence-corrected chi connectivity index (χ3v) is 17.6. The van der Waals surface area contributed by atoms with E-state index in [4.69, 9.17) is 44.4 Å². The Bertz CT molecular complexity index is 3420. The van der Waals surface area contributed by atoms with Crippen LogP contribution in [0.5, 0.6) is 0 Å². The van der Waals surface area contributed by atoms with Gasteiger partial charge in [0.2, 0.25) is 11.8 Å². The van der Waals surface area contributed by atoms with Gasteiger partial charge < -0.3 is 41.0 Å². The van der Waals surface area contributed by atoms with Gasteiger partial charge in [-0.05, 0) is 30.5 Å². The molecule has 0 spiro atoms. The molecule has 0 saturated carbocycles. The minimum absolute atomic E-state index is 0.0384. The Morgan fingerprint density at radius 3 is 2.13 bits per heavy atom. The molecule has 4 unspecified atom stereocenters. The number of hydrogen-bond acceptors (Lipinski definition) is 21. The number of hydrogen-bond donors (Lipinski definition) is 5. The van der Waals surface area contributed by atoms with Gasteiger partial charge in [-0.15, -0.1) is 68.0 Å². The number of nitrogens with zero attached hydrogens (tertiary/aromatic N) is 8. The van der Waals surface area contributed by atoms with Crippen LogP contribution in [0.3, 0.4) is 0 Å². The minimum Gasteiger partial charge on any atom is -0.379 e. The van der Waals surface area contributed by atoms with E-state index in [1.54, 1.807) is 19.4 Å². The van der Waals surface area contributed by atoms with Gasteiger partial charge in [0, 0.05) is 67.3 Å². The molecule has 1 aromatic carbocycles. The van der Waals surface area contributed by atoms with Crippen molar-refractivity contribution in [1.82, 2.24) is 61.5 Å². The summed E-state index contributed by atoms with van der Waals surface area (Å²) in [7, 11) is 8.38. The molecule has 7 aromatic heterocycles. The van der Waals surface area contributed by atoms with Crippen LogP contribution in [0.25, 0.3) is 43.4 Å². The van der Waals surface area contributed by atoms with Gasteiger partial charge in [-0.2, -0.15) is 0 Å². The molecule has 8 heterocycles. The highest BCUT2D eigenvalue weighted by atomic mass is 32.1. The maximum absolute atomic E-state index is 14.2. The van der Waals surface area contributed by atoms with Gasteiger partial charge in [0.25, 0.3) is 17.7 Å². The molecule has 5 amide bonds. The van der Waals surface area contributed by atoms with Gasteiger partial charge in [0.05, 0.1) is 42.2 Å². The number of rotatable bonds is 10. The molecule has 1 aliphatic rings. The predicted molar refractivity (Wildman–Crippen MR) is 296 cm³/mol. The summed E-state index contributed by atoms with van der Waals surface area (Å²) in [5.41, 5.74) is 3.79. The van der Waals surface area contributed by atoms with Crippen LogP contribution in [0, 0.1) is 12.8 Å². The number of thiazole rings is 6. The number of methoxy groups -OCH3 is 2. The van der Waals surface area contributed by atoms with E-state index in [9.17, 15) is 24.0 Å².